The van der Waals surface area contributed by atoms with Crippen molar-refractivity contribution < 1.29 is 4.79 Å². The SMILES string of the molecule is CN1CCN(c2ccc(Nc3ccc(C(=O)NC(C)(C)C)cn3)cc2)CC1. The van der Waals surface area contributed by atoms with Gasteiger partial charge >= 0.3 is 0 Å². The standard InChI is InChI=1S/C21H29N5O/c1-21(2,3)24-20(27)16-5-10-19(22-15-16)23-17-6-8-18(9-7-17)26-13-11-25(4)12-14-26/h5-10,15H,11-14H2,1-4H3,(H,22,23)(H,24,27). The molecule has 0 bridgehead atoms. The lowest BCUT2D eigenvalue weighted by molar-refractivity contribution is 0.0919. The van der Waals surface area contributed by atoms with E-state index in [0.717, 1.165) is 37.7 Å². The van der Waals surface area contributed by atoms with Gasteiger partial charge in [-0.1, -0.05) is 0 Å². The maximum atomic E-state index is 12.2. The highest BCUT2D eigenvalue weighted by molar-refractivity contribution is 5.94. The van der Waals surface area contributed by atoms with Crippen molar-refractivity contribution in [3.05, 3.63) is 48.2 Å². The smallest absolute Gasteiger partial charge is 0.253 e. The topological polar surface area (TPSA) is 60.5 Å². The van der Waals surface area contributed by atoms with Crippen molar-refractivity contribution in [2.45, 2.75) is 26.3 Å². The zero-order chi connectivity index (χ0) is 19.4. The summed E-state index contributed by atoms with van der Waals surface area (Å²) in [5.74, 6) is 0.604. The van der Waals surface area contributed by atoms with Gasteiger partial charge in [-0.2, -0.15) is 0 Å². The Labute approximate surface area is 161 Å². The van der Waals surface area contributed by atoms with E-state index in [9.17, 15) is 4.79 Å². The number of hydrogen-bond acceptors (Lipinski definition) is 5. The number of piperazine rings is 1. The molecule has 0 aliphatic carbocycles. The van der Waals surface area contributed by atoms with Gasteiger partial charge < -0.3 is 20.4 Å². The van der Waals surface area contributed by atoms with E-state index in [-0.39, 0.29) is 11.4 Å². The fourth-order valence-corrected chi connectivity index (χ4v) is 2.98. The number of carbonyl (C=O) groups is 1. The largest absolute Gasteiger partial charge is 0.369 e. The van der Waals surface area contributed by atoms with Crippen molar-refractivity contribution in [1.29, 1.82) is 0 Å². The monoisotopic (exact) mass is 367 g/mol. The van der Waals surface area contributed by atoms with Crippen molar-refractivity contribution >= 4 is 23.1 Å². The Morgan fingerprint density at radius 1 is 1.00 bits per heavy atom. The number of benzene rings is 1. The van der Waals surface area contributed by atoms with Gasteiger partial charge in [-0.25, -0.2) is 4.98 Å². The molecular formula is C21H29N5O. The molecule has 1 fully saturated rings. The third kappa shape index (κ3) is 5.44. The van der Waals surface area contributed by atoms with Crippen LogP contribution in [0, 0.1) is 0 Å². The minimum Gasteiger partial charge on any atom is -0.369 e. The van der Waals surface area contributed by atoms with E-state index in [1.807, 2.05) is 26.8 Å². The highest BCUT2D eigenvalue weighted by atomic mass is 16.1. The highest BCUT2D eigenvalue weighted by Gasteiger charge is 2.16. The minimum absolute atomic E-state index is 0.113. The molecular weight excluding hydrogens is 338 g/mol. The molecule has 27 heavy (non-hydrogen) atoms. The lowest BCUT2D eigenvalue weighted by atomic mass is 10.1. The number of carbonyl (C=O) groups excluding carboxylic acids is 1. The number of nitrogens with one attached hydrogen (secondary N) is 2. The van der Waals surface area contributed by atoms with Crippen LogP contribution in [-0.2, 0) is 0 Å². The zero-order valence-corrected chi connectivity index (χ0v) is 16.6. The van der Waals surface area contributed by atoms with E-state index >= 15 is 0 Å². The Kier molecular flexibility index (Phi) is 5.65. The fourth-order valence-electron chi connectivity index (χ4n) is 2.98. The first kappa shape index (κ1) is 19.2. The lowest BCUT2D eigenvalue weighted by Gasteiger charge is -2.34. The summed E-state index contributed by atoms with van der Waals surface area (Å²) in [5.41, 5.74) is 2.52. The third-order valence-electron chi connectivity index (χ3n) is 4.52. The number of aromatic nitrogens is 1. The first-order valence-corrected chi connectivity index (χ1v) is 9.39. The van der Waals surface area contributed by atoms with Crippen LogP contribution >= 0.6 is 0 Å². The second-order valence-electron chi connectivity index (χ2n) is 8.10. The van der Waals surface area contributed by atoms with Gasteiger partial charge in [0, 0.05) is 49.3 Å². The van der Waals surface area contributed by atoms with Gasteiger partial charge in [-0.05, 0) is 64.2 Å². The number of rotatable bonds is 4. The van der Waals surface area contributed by atoms with Crippen molar-refractivity contribution in [2.24, 2.45) is 0 Å². The van der Waals surface area contributed by atoms with Crippen LogP contribution in [0.25, 0.3) is 0 Å². The van der Waals surface area contributed by atoms with Gasteiger partial charge in [0.2, 0.25) is 0 Å². The Hall–Kier alpha value is -2.60. The minimum atomic E-state index is -0.264. The molecule has 3 rings (SSSR count). The van der Waals surface area contributed by atoms with Gasteiger partial charge in [-0.3, -0.25) is 4.79 Å². The Morgan fingerprint density at radius 3 is 2.22 bits per heavy atom. The average molecular weight is 367 g/mol. The summed E-state index contributed by atoms with van der Waals surface area (Å²) in [7, 11) is 2.16. The van der Waals surface area contributed by atoms with Crippen molar-refractivity contribution in [3.63, 3.8) is 0 Å². The van der Waals surface area contributed by atoms with Crippen LogP contribution in [0.4, 0.5) is 17.2 Å². The number of nitrogens with zero attached hydrogens (tertiary/aromatic N) is 3. The van der Waals surface area contributed by atoms with Crippen LogP contribution in [-0.4, -0.2) is 54.6 Å². The molecule has 0 atom stereocenters. The second kappa shape index (κ2) is 7.96. The number of anilines is 3. The molecule has 1 aromatic carbocycles. The molecule has 2 heterocycles. The summed E-state index contributed by atoms with van der Waals surface area (Å²) in [5, 5.41) is 6.22. The first-order chi connectivity index (χ1) is 12.8. The van der Waals surface area contributed by atoms with E-state index in [0.29, 0.717) is 5.56 Å². The van der Waals surface area contributed by atoms with Crippen molar-refractivity contribution in [1.82, 2.24) is 15.2 Å². The predicted molar refractivity (Wildman–Crippen MR) is 111 cm³/mol. The molecule has 2 N–H and O–H groups in total. The van der Waals surface area contributed by atoms with E-state index in [1.165, 1.54) is 5.69 Å². The average Bonchev–Trinajstić information content (AvgIpc) is 2.62. The molecule has 6 nitrogen and oxygen atoms in total. The normalized spacial score (nSPS) is 15.5. The summed E-state index contributed by atoms with van der Waals surface area (Å²) in [6.07, 6.45) is 1.60. The Balaban J connectivity index is 1.59. The van der Waals surface area contributed by atoms with Gasteiger partial charge in [0.1, 0.15) is 5.82 Å². The molecule has 144 valence electrons. The number of pyridine rings is 1. The van der Waals surface area contributed by atoms with Crippen LogP contribution in [0.5, 0.6) is 0 Å². The molecule has 0 saturated carbocycles. The quantitative estimate of drug-likeness (QED) is 0.870. The van der Waals surface area contributed by atoms with Crippen molar-refractivity contribution in [2.75, 3.05) is 43.4 Å². The fraction of sp³-hybridized carbons (Fsp3) is 0.429. The summed E-state index contributed by atoms with van der Waals surface area (Å²) < 4.78 is 0. The highest BCUT2D eigenvalue weighted by Crippen LogP contribution is 2.21. The Morgan fingerprint density at radius 2 is 1.67 bits per heavy atom. The summed E-state index contributed by atoms with van der Waals surface area (Å²) in [4.78, 5) is 21.3. The van der Waals surface area contributed by atoms with Gasteiger partial charge in [0.25, 0.3) is 5.91 Å². The third-order valence-corrected chi connectivity index (χ3v) is 4.52. The van der Waals surface area contributed by atoms with E-state index in [2.05, 4.69) is 56.7 Å². The molecule has 1 aliphatic heterocycles. The maximum absolute atomic E-state index is 12.2. The summed E-state index contributed by atoms with van der Waals surface area (Å²) >= 11 is 0. The van der Waals surface area contributed by atoms with E-state index < -0.39 is 0 Å². The molecule has 1 saturated heterocycles. The molecule has 1 aromatic heterocycles. The van der Waals surface area contributed by atoms with Crippen molar-refractivity contribution in [3.8, 4) is 0 Å². The van der Waals surface area contributed by atoms with Gasteiger partial charge in [0.05, 0.1) is 5.56 Å². The molecule has 1 amide bonds. The van der Waals surface area contributed by atoms with Gasteiger partial charge in [-0.15, -0.1) is 0 Å². The number of likely N-dealkylation sites (N-methyl/N-ethyl adjacent to an activating group) is 1. The van der Waals surface area contributed by atoms with Crippen LogP contribution < -0.4 is 15.5 Å². The molecule has 6 heteroatoms. The lowest BCUT2D eigenvalue weighted by Crippen LogP contribution is -2.44. The molecule has 1 aliphatic rings. The van der Waals surface area contributed by atoms with Crippen LogP contribution in [0.2, 0.25) is 0 Å². The maximum Gasteiger partial charge on any atom is 0.253 e. The summed E-state index contributed by atoms with van der Waals surface area (Å²) in [6, 6.07) is 12.0. The van der Waals surface area contributed by atoms with Crippen LogP contribution in [0.1, 0.15) is 31.1 Å². The number of hydrogen-bond donors (Lipinski definition) is 2. The Bertz CT molecular complexity index is 757. The molecule has 0 radical (unpaired) electrons. The molecule has 0 spiro atoms. The molecule has 0 unspecified atom stereocenters. The predicted octanol–water partition coefficient (Wildman–Crippen LogP) is 3.11. The summed E-state index contributed by atoms with van der Waals surface area (Å²) in [6.45, 7) is 10.2. The van der Waals surface area contributed by atoms with Crippen LogP contribution in [0.15, 0.2) is 42.6 Å². The number of amides is 1. The zero-order valence-electron chi connectivity index (χ0n) is 16.6. The van der Waals surface area contributed by atoms with E-state index in [4.69, 9.17) is 0 Å². The molecule has 2 aromatic rings. The van der Waals surface area contributed by atoms with Crippen LogP contribution in [0.3, 0.4) is 0 Å². The van der Waals surface area contributed by atoms with Gasteiger partial charge in [0.15, 0.2) is 0 Å². The second-order valence-corrected chi connectivity index (χ2v) is 8.10. The first-order valence-electron chi connectivity index (χ1n) is 9.39. The van der Waals surface area contributed by atoms with E-state index in [1.54, 1.807) is 12.3 Å².